The zero-order valence-corrected chi connectivity index (χ0v) is 14.5. The van der Waals surface area contributed by atoms with Crippen molar-refractivity contribution in [2.75, 3.05) is 40.3 Å². The summed E-state index contributed by atoms with van der Waals surface area (Å²) in [4.78, 5) is 25.2. The summed E-state index contributed by atoms with van der Waals surface area (Å²) in [5.74, 6) is -0.788. The first-order valence-electron chi connectivity index (χ1n) is 7.47. The smallest absolute Gasteiger partial charge is 0.244 e. The minimum atomic E-state index is -0.401. The van der Waals surface area contributed by atoms with Gasteiger partial charge in [-0.2, -0.15) is 0 Å². The van der Waals surface area contributed by atoms with E-state index in [4.69, 9.17) is 11.5 Å². The zero-order chi connectivity index (χ0) is 17.7. The highest BCUT2D eigenvalue weighted by Crippen LogP contribution is 1.99. The molecular weight excluding hydrogens is 280 g/mol. The van der Waals surface area contributed by atoms with Gasteiger partial charge in [-0.25, -0.2) is 0 Å². The second kappa shape index (κ2) is 13.0. The van der Waals surface area contributed by atoms with Gasteiger partial charge in [0.05, 0.1) is 0 Å². The Morgan fingerprint density at radius 3 is 1.50 bits per heavy atom. The average molecular weight is 312 g/mol. The summed E-state index contributed by atoms with van der Waals surface area (Å²) in [6.07, 6.45) is 1.33. The summed E-state index contributed by atoms with van der Waals surface area (Å²) < 4.78 is 0. The lowest BCUT2D eigenvalue weighted by Crippen LogP contribution is -2.26. The molecule has 0 radical (unpaired) electrons. The molecule has 6 heteroatoms. The van der Waals surface area contributed by atoms with E-state index in [2.05, 4.69) is 31.9 Å². The van der Waals surface area contributed by atoms with Crippen LogP contribution in [0, 0.1) is 0 Å². The minimum Gasteiger partial charge on any atom is -0.366 e. The Kier molecular flexibility index (Phi) is 13.4. The van der Waals surface area contributed by atoms with Gasteiger partial charge in [0.15, 0.2) is 0 Å². The molecule has 0 aromatic carbocycles. The van der Waals surface area contributed by atoms with Gasteiger partial charge in [-0.3, -0.25) is 9.59 Å². The Bertz CT molecular complexity index is 374. The van der Waals surface area contributed by atoms with Gasteiger partial charge in [-0.05, 0) is 40.0 Å². The lowest BCUT2D eigenvalue weighted by Gasteiger charge is -2.17. The normalized spacial score (nSPS) is 10.1. The molecular formula is C16H32N4O2. The molecule has 0 atom stereocenters. The topological polar surface area (TPSA) is 92.7 Å². The Morgan fingerprint density at radius 2 is 1.23 bits per heavy atom. The molecule has 0 aliphatic rings. The number of primary amides is 2. The van der Waals surface area contributed by atoms with Crippen LogP contribution in [-0.2, 0) is 9.59 Å². The first kappa shape index (κ1) is 22.6. The zero-order valence-electron chi connectivity index (χ0n) is 14.5. The van der Waals surface area contributed by atoms with E-state index >= 15 is 0 Å². The molecule has 0 aliphatic heterocycles. The first-order valence-corrected chi connectivity index (χ1v) is 7.47. The van der Waals surface area contributed by atoms with Crippen LogP contribution in [0.1, 0.15) is 26.7 Å². The van der Waals surface area contributed by atoms with E-state index in [0.717, 1.165) is 26.2 Å². The maximum absolute atomic E-state index is 10.6. The molecule has 0 saturated heterocycles. The number of carbonyl (C=O) groups is 2. The van der Waals surface area contributed by atoms with Crippen LogP contribution in [0.5, 0.6) is 0 Å². The Morgan fingerprint density at radius 1 is 0.864 bits per heavy atom. The molecule has 0 heterocycles. The van der Waals surface area contributed by atoms with Gasteiger partial charge in [0, 0.05) is 24.2 Å². The van der Waals surface area contributed by atoms with E-state index in [1.54, 1.807) is 0 Å². The Hall–Kier alpha value is -1.66. The van der Waals surface area contributed by atoms with Crippen LogP contribution < -0.4 is 11.5 Å². The van der Waals surface area contributed by atoms with Crippen molar-refractivity contribution in [3.8, 4) is 0 Å². The summed E-state index contributed by atoms with van der Waals surface area (Å²) in [6, 6.07) is 0. The molecule has 0 aromatic rings. The second-order valence-electron chi connectivity index (χ2n) is 5.27. The molecule has 6 nitrogen and oxygen atoms in total. The second-order valence-corrected chi connectivity index (χ2v) is 5.27. The predicted molar refractivity (Wildman–Crippen MR) is 92.2 cm³/mol. The summed E-state index contributed by atoms with van der Waals surface area (Å²) in [6.45, 7) is 15.0. The molecule has 0 aromatic heterocycles. The first-order chi connectivity index (χ1) is 10.1. The number of carbonyl (C=O) groups excluding carboxylic acids is 2. The van der Waals surface area contributed by atoms with E-state index in [-0.39, 0.29) is 5.91 Å². The fourth-order valence-corrected chi connectivity index (χ4v) is 1.44. The maximum atomic E-state index is 10.6. The standard InChI is InChI=1S/C9H18N2O.C7H14N2O/c1-4-11(5-2)7-6-8(3)9(10)12;1-6(7(8)10)4-5-9(2)3/h3-7H2,1-2H3,(H2,10,12);1,4-5H2,2-3H3,(H2,8,10). The maximum Gasteiger partial charge on any atom is 0.244 e. The molecule has 0 spiro atoms. The number of hydrogen-bond donors (Lipinski definition) is 2. The van der Waals surface area contributed by atoms with Gasteiger partial charge in [0.1, 0.15) is 0 Å². The van der Waals surface area contributed by atoms with Crippen molar-refractivity contribution in [2.45, 2.75) is 26.7 Å². The lowest BCUT2D eigenvalue weighted by atomic mass is 10.2. The van der Waals surface area contributed by atoms with E-state index in [1.165, 1.54) is 0 Å². The fourth-order valence-electron chi connectivity index (χ4n) is 1.44. The van der Waals surface area contributed by atoms with Crippen LogP contribution >= 0.6 is 0 Å². The van der Waals surface area contributed by atoms with Crippen molar-refractivity contribution in [3.63, 3.8) is 0 Å². The van der Waals surface area contributed by atoms with Gasteiger partial charge in [-0.15, -0.1) is 0 Å². The third kappa shape index (κ3) is 13.3. The highest BCUT2D eigenvalue weighted by atomic mass is 16.1. The third-order valence-electron chi connectivity index (χ3n) is 3.18. The average Bonchev–Trinajstić information content (AvgIpc) is 2.45. The van der Waals surface area contributed by atoms with Crippen LogP contribution in [0.4, 0.5) is 0 Å². The molecule has 128 valence electrons. The number of nitrogens with two attached hydrogens (primary N) is 2. The monoisotopic (exact) mass is 312 g/mol. The van der Waals surface area contributed by atoms with Crippen LogP contribution in [-0.4, -0.2) is 61.9 Å². The SMILES string of the molecule is C=C(CCN(C)C)C(N)=O.C=C(CCN(CC)CC)C(N)=O. The van der Waals surface area contributed by atoms with Crippen molar-refractivity contribution in [2.24, 2.45) is 11.5 Å². The largest absolute Gasteiger partial charge is 0.366 e. The van der Waals surface area contributed by atoms with Crippen molar-refractivity contribution in [1.82, 2.24) is 9.80 Å². The summed E-state index contributed by atoms with van der Waals surface area (Å²) >= 11 is 0. The highest BCUT2D eigenvalue weighted by molar-refractivity contribution is 5.91. The van der Waals surface area contributed by atoms with E-state index < -0.39 is 5.91 Å². The van der Waals surface area contributed by atoms with E-state index in [9.17, 15) is 9.59 Å². The lowest BCUT2D eigenvalue weighted by molar-refractivity contribution is -0.115. The molecule has 0 aliphatic carbocycles. The van der Waals surface area contributed by atoms with E-state index in [1.807, 2.05) is 19.0 Å². The van der Waals surface area contributed by atoms with Crippen molar-refractivity contribution < 1.29 is 9.59 Å². The van der Waals surface area contributed by atoms with Crippen molar-refractivity contribution in [1.29, 1.82) is 0 Å². The van der Waals surface area contributed by atoms with Crippen LogP contribution in [0.2, 0.25) is 0 Å². The number of rotatable bonds is 10. The third-order valence-corrected chi connectivity index (χ3v) is 3.18. The Balaban J connectivity index is 0. The summed E-state index contributed by atoms with van der Waals surface area (Å²) in [5.41, 5.74) is 11.0. The highest BCUT2D eigenvalue weighted by Gasteiger charge is 2.04. The number of amides is 2. The molecule has 0 bridgehead atoms. The van der Waals surface area contributed by atoms with Gasteiger partial charge >= 0.3 is 0 Å². The van der Waals surface area contributed by atoms with E-state index in [0.29, 0.717) is 24.0 Å². The number of hydrogen-bond acceptors (Lipinski definition) is 4. The van der Waals surface area contributed by atoms with Crippen LogP contribution in [0.25, 0.3) is 0 Å². The summed E-state index contributed by atoms with van der Waals surface area (Å²) in [5, 5.41) is 0. The molecule has 0 saturated carbocycles. The molecule has 0 fully saturated rings. The van der Waals surface area contributed by atoms with Crippen molar-refractivity contribution >= 4 is 11.8 Å². The molecule has 22 heavy (non-hydrogen) atoms. The molecule has 0 unspecified atom stereocenters. The van der Waals surface area contributed by atoms with Crippen LogP contribution in [0.3, 0.4) is 0 Å². The number of nitrogens with zero attached hydrogens (tertiary/aromatic N) is 2. The predicted octanol–water partition coefficient (Wildman–Crippen LogP) is 0.739. The minimum absolute atomic E-state index is 0.387. The van der Waals surface area contributed by atoms with Crippen molar-refractivity contribution in [3.05, 3.63) is 24.3 Å². The van der Waals surface area contributed by atoms with Crippen LogP contribution in [0.15, 0.2) is 24.3 Å². The quantitative estimate of drug-likeness (QED) is 0.582. The molecule has 2 amide bonds. The molecule has 4 N–H and O–H groups in total. The van der Waals surface area contributed by atoms with Gasteiger partial charge < -0.3 is 21.3 Å². The summed E-state index contributed by atoms with van der Waals surface area (Å²) in [7, 11) is 3.88. The fraction of sp³-hybridized carbons (Fsp3) is 0.625. The van der Waals surface area contributed by atoms with Gasteiger partial charge in [-0.1, -0.05) is 27.0 Å². The van der Waals surface area contributed by atoms with Gasteiger partial charge in [0.25, 0.3) is 0 Å². The Labute approximate surface area is 134 Å². The van der Waals surface area contributed by atoms with Gasteiger partial charge in [0.2, 0.25) is 11.8 Å². The molecule has 0 rings (SSSR count).